The number of amides is 1. The number of carbonyl (C=O) groups is 1. The molecule has 0 unspecified atom stereocenters. The maximum atomic E-state index is 13.2. The Morgan fingerprint density at radius 3 is 2.83 bits per heavy atom. The van der Waals surface area contributed by atoms with E-state index in [2.05, 4.69) is 10.3 Å². The molecule has 0 saturated carbocycles. The number of benzene rings is 2. The summed E-state index contributed by atoms with van der Waals surface area (Å²) in [4.78, 5) is 16.8. The summed E-state index contributed by atoms with van der Waals surface area (Å²) in [5, 5.41) is 3.78. The average Bonchev–Trinajstić information content (AvgIpc) is 2.83. The number of aliphatic imine (C=N–C) groups is 1. The summed E-state index contributed by atoms with van der Waals surface area (Å²) < 4.78 is 13.2. The van der Waals surface area contributed by atoms with Gasteiger partial charge in [-0.25, -0.2) is 9.38 Å². The molecule has 0 spiro atoms. The fourth-order valence-electron chi connectivity index (χ4n) is 2.00. The summed E-state index contributed by atoms with van der Waals surface area (Å²) in [6.45, 7) is 1.91. The quantitative estimate of drug-likeness (QED) is 0.802. The van der Waals surface area contributed by atoms with Crippen molar-refractivity contribution in [1.29, 1.82) is 0 Å². The van der Waals surface area contributed by atoms with Crippen LogP contribution in [0.5, 0.6) is 0 Å². The number of halogens is 2. The Labute approximate surface area is 142 Å². The van der Waals surface area contributed by atoms with Crippen LogP contribution in [0.4, 0.5) is 10.1 Å². The monoisotopic (exact) mass is 346 g/mol. The van der Waals surface area contributed by atoms with E-state index in [1.54, 1.807) is 24.3 Å². The van der Waals surface area contributed by atoms with Crippen LogP contribution in [-0.2, 0) is 4.79 Å². The number of nitrogens with one attached hydrogen (secondary N) is 1. The SMILES string of the molecule is Cc1ccc(N=C2NC(=O)C(=Cc3cccc(F)c3)S2)cc1Cl. The summed E-state index contributed by atoms with van der Waals surface area (Å²) >= 11 is 7.28. The first-order chi connectivity index (χ1) is 11.0. The predicted molar refractivity (Wildman–Crippen MR) is 93.4 cm³/mol. The highest BCUT2D eigenvalue weighted by molar-refractivity contribution is 8.18. The molecule has 2 aromatic rings. The molecular weight excluding hydrogens is 335 g/mol. The van der Waals surface area contributed by atoms with E-state index in [1.165, 1.54) is 23.9 Å². The molecule has 3 rings (SSSR count). The second-order valence-corrected chi connectivity index (χ2v) is 6.41. The molecule has 1 fully saturated rings. The topological polar surface area (TPSA) is 41.5 Å². The molecule has 1 amide bonds. The molecule has 1 aliphatic heterocycles. The van der Waals surface area contributed by atoms with Crippen LogP contribution in [0.2, 0.25) is 5.02 Å². The highest BCUT2D eigenvalue weighted by Crippen LogP contribution is 2.29. The molecule has 116 valence electrons. The largest absolute Gasteiger partial charge is 0.300 e. The molecule has 23 heavy (non-hydrogen) atoms. The number of nitrogens with zero attached hydrogens (tertiary/aromatic N) is 1. The first kappa shape index (κ1) is 15.8. The van der Waals surface area contributed by atoms with E-state index in [0.29, 0.717) is 26.3 Å². The Morgan fingerprint density at radius 2 is 2.09 bits per heavy atom. The van der Waals surface area contributed by atoms with Crippen LogP contribution in [0.15, 0.2) is 52.4 Å². The molecule has 0 bridgehead atoms. The van der Waals surface area contributed by atoms with Gasteiger partial charge in [-0.05, 0) is 60.2 Å². The minimum Gasteiger partial charge on any atom is -0.300 e. The number of carbonyl (C=O) groups excluding carboxylic acids is 1. The van der Waals surface area contributed by atoms with Crippen LogP contribution >= 0.6 is 23.4 Å². The lowest BCUT2D eigenvalue weighted by atomic mass is 10.2. The van der Waals surface area contributed by atoms with Crippen LogP contribution < -0.4 is 5.32 Å². The van der Waals surface area contributed by atoms with Gasteiger partial charge in [-0.1, -0.05) is 29.8 Å². The third-order valence-electron chi connectivity index (χ3n) is 3.18. The Hall–Kier alpha value is -2.11. The zero-order valence-electron chi connectivity index (χ0n) is 12.1. The van der Waals surface area contributed by atoms with Crippen LogP contribution in [0, 0.1) is 12.7 Å². The van der Waals surface area contributed by atoms with Crippen molar-refractivity contribution >= 4 is 46.2 Å². The zero-order valence-corrected chi connectivity index (χ0v) is 13.7. The van der Waals surface area contributed by atoms with Gasteiger partial charge in [0.2, 0.25) is 0 Å². The second kappa shape index (κ2) is 6.56. The summed E-state index contributed by atoms with van der Waals surface area (Å²) in [6.07, 6.45) is 1.63. The molecule has 1 N–H and O–H groups in total. The van der Waals surface area contributed by atoms with Crippen LogP contribution in [0.1, 0.15) is 11.1 Å². The van der Waals surface area contributed by atoms with E-state index >= 15 is 0 Å². The Bertz CT molecular complexity index is 848. The molecular formula is C17H12ClFN2OS. The lowest BCUT2D eigenvalue weighted by molar-refractivity contribution is -0.115. The van der Waals surface area contributed by atoms with E-state index in [0.717, 1.165) is 5.56 Å². The van der Waals surface area contributed by atoms with Gasteiger partial charge in [-0.15, -0.1) is 0 Å². The Morgan fingerprint density at radius 1 is 1.26 bits per heavy atom. The molecule has 0 aliphatic carbocycles. The molecule has 0 aromatic heterocycles. The fraction of sp³-hybridized carbons (Fsp3) is 0.0588. The van der Waals surface area contributed by atoms with Crippen molar-refractivity contribution in [2.24, 2.45) is 4.99 Å². The molecule has 1 saturated heterocycles. The lowest BCUT2D eigenvalue weighted by Gasteiger charge is -2.00. The average molecular weight is 347 g/mol. The lowest BCUT2D eigenvalue weighted by Crippen LogP contribution is -2.19. The smallest absolute Gasteiger partial charge is 0.264 e. The maximum Gasteiger partial charge on any atom is 0.264 e. The number of hydrogen-bond donors (Lipinski definition) is 1. The minimum atomic E-state index is -0.342. The number of rotatable bonds is 2. The van der Waals surface area contributed by atoms with Crippen molar-refractivity contribution in [3.63, 3.8) is 0 Å². The molecule has 6 heteroatoms. The molecule has 0 atom stereocenters. The van der Waals surface area contributed by atoms with Crippen molar-refractivity contribution in [3.05, 3.63) is 69.3 Å². The summed E-state index contributed by atoms with van der Waals surface area (Å²) in [5.41, 5.74) is 2.25. The van der Waals surface area contributed by atoms with E-state index in [1.807, 2.05) is 19.1 Å². The highest BCUT2D eigenvalue weighted by Gasteiger charge is 2.23. The maximum absolute atomic E-state index is 13.2. The van der Waals surface area contributed by atoms with Crippen molar-refractivity contribution in [1.82, 2.24) is 5.32 Å². The van der Waals surface area contributed by atoms with Gasteiger partial charge in [0.15, 0.2) is 5.17 Å². The molecule has 3 nitrogen and oxygen atoms in total. The number of amidine groups is 1. The van der Waals surface area contributed by atoms with Crippen LogP contribution in [-0.4, -0.2) is 11.1 Å². The molecule has 1 heterocycles. The Kier molecular flexibility index (Phi) is 4.50. The second-order valence-electron chi connectivity index (χ2n) is 4.97. The van der Waals surface area contributed by atoms with Gasteiger partial charge in [-0.3, -0.25) is 4.79 Å². The van der Waals surface area contributed by atoms with Crippen molar-refractivity contribution in [2.75, 3.05) is 0 Å². The van der Waals surface area contributed by atoms with E-state index in [-0.39, 0.29) is 11.7 Å². The van der Waals surface area contributed by atoms with Crippen LogP contribution in [0.25, 0.3) is 6.08 Å². The van der Waals surface area contributed by atoms with Crippen LogP contribution in [0.3, 0.4) is 0 Å². The predicted octanol–water partition coefficient (Wildman–Crippen LogP) is 4.68. The van der Waals surface area contributed by atoms with Gasteiger partial charge in [0.1, 0.15) is 5.82 Å². The van der Waals surface area contributed by atoms with Crippen molar-refractivity contribution in [2.45, 2.75) is 6.92 Å². The van der Waals surface area contributed by atoms with Gasteiger partial charge in [-0.2, -0.15) is 0 Å². The first-order valence-electron chi connectivity index (χ1n) is 6.82. The van der Waals surface area contributed by atoms with Gasteiger partial charge in [0.05, 0.1) is 10.6 Å². The third-order valence-corrected chi connectivity index (χ3v) is 4.50. The van der Waals surface area contributed by atoms with Gasteiger partial charge >= 0.3 is 0 Å². The highest BCUT2D eigenvalue weighted by atomic mass is 35.5. The standard InChI is InChI=1S/C17H12ClFN2OS/c1-10-5-6-13(9-14(10)18)20-17-21-16(22)15(23-17)8-11-3-2-4-12(19)7-11/h2-9H,1H3,(H,20,21,22). The normalized spacial score (nSPS) is 17.8. The molecule has 0 radical (unpaired) electrons. The molecule has 1 aliphatic rings. The summed E-state index contributed by atoms with van der Waals surface area (Å²) in [5.74, 6) is -0.595. The van der Waals surface area contributed by atoms with E-state index in [4.69, 9.17) is 11.6 Å². The van der Waals surface area contributed by atoms with E-state index in [9.17, 15) is 9.18 Å². The third kappa shape index (κ3) is 3.81. The van der Waals surface area contributed by atoms with Gasteiger partial charge < -0.3 is 5.32 Å². The summed E-state index contributed by atoms with van der Waals surface area (Å²) in [7, 11) is 0. The van der Waals surface area contributed by atoms with Gasteiger partial charge in [0, 0.05) is 5.02 Å². The van der Waals surface area contributed by atoms with Gasteiger partial charge in [0.25, 0.3) is 5.91 Å². The molecule has 2 aromatic carbocycles. The van der Waals surface area contributed by atoms with E-state index < -0.39 is 0 Å². The number of aryl methyl sites for hydroxylation is 1. The Balaban J connectivity index is 1.84. The van der Waals surface area contributed by atoms with Crippen molar-refractivity contribution < 1.29 is 9.18 Å². The first-order valence-corrected chi connectivity index (χ1v) is 8.02. The minimum absolute atomic E-state index is 0.254. The number of hydrogen-bond acceptors (Lipinski definition) is 3. The number of thioether (sulfide) groups is 1. The fourth-order valence-corrected chi connectivity index (χ4v) is 3.01. The zero-order chi connectivity index (χ0) is 16.4. The van der Waals surface area contributed by atoms with Crippen molar-refractivity contribution in [3.8, 4) is 0 Å². The summed E-state index contributed by atoms with van der Waals surface area (Å²) in [6, 6.07) is 11.5.